The van der Waals surface area contributed by atoms with E-state index in [1.807, 2.05) is 0 Å². The number of rotatable bonds is 5. The molecule has 0 unspecified atom stereocenters. The first-order chi connectivity index (χ1) is 12.2. The molecule has 0 saturated heterocycles. The maximum Gasteiger partial charge on any atom is 0.303 e. The fourth-order valence-corrected chi connectivity index (χ4v) is 5.03. The summed E-state index contributed by atoms with van der Waals surface area (Å²) in [5, 5.41) is 9.30. The molecule has 0 bridgehead atoms. The number of carboxylic acid groups (broad SMARTS) is 1. The van der Waals surface area contributed by atoms with Crippen molar-refractivity contribution in [2.75, 3.05) is 4.90 Å². The minimum Gasteiger partial charge on any atom is -0.481 e. The molecule has 1 saturated carbocycles. The number of aliphatic carboxylic acids is 1. The third-order valence-electron chi connectivity index (χ3n) is 6.10. The number of nitrogens with zero attached hydrogens (tertiary/aromatic N) is 1. The van der Waals surface area contributed by atoms with Gasteiger partial charge in [0, 0.05) is 30.1 Å². The van der Waals surface area contributed by atoms with E-state index in [1.165, 1.54) is 29.7 Å². The molecule has 0 radical (unpaired) electrons. The summed E-state index contributed by atoms with van der Waals surface area (Å²) in [6, 6.07) is 19.7. The lowest BCUT2D eigenvalue weighted by Gasteiger charge is -2.43. The molecule has 1 aliphatic carbocycles. The molecule has 1 heterocycles. The average Bonchev–Trinajstić information content (AvgIpc) is 2.92. The minimum absolute atomic E-state index is 0.00200. The Kier molecular flexibility index (Phi) is 4.24. The van der Waals surface area contributed by atoms with Crippen LogP contribution in [0.2, 0.25) is 0 Å². The lowest BCUT2D eigenvalue weighted by atomic mass is 9.65. The van der Waals surface area contributed by atoms with E-state index >= 15 is 0 Å². The fourth-order valence-electron chi connectivity index (χ4n) is 5.03. The quantitative estimate of drug-likeness (QED) is 0.857. The summed E-state index contributed by atoms with van der Waals surface area (Å²) in [6.45, 7) is 0.900. The van der Waals surface area contributed by atoms with E-state index in [4.69, 9.17) is 0 Å². The summed E-state index contributed by atoms with van der Waals surface area (Å²) in [4.78, 5) is 13.8. The molecular weight excluding hydrogens is 310 g/mol. The third kappa shape index (κ3) is 2.82. The van der Waals surface area contributed by atoms with Gasteiger partial charge in [0.05, 0.1) is 0 Å². The van der Waals surface area contributed by atoms with Gasteiger partial charge in [-0.05, 0) is 36.5 Å². The summed E-state index contributed by atoms with van der Waals surface area (Å²) < 4.78 is 0. The lowest BCUT2D eigenvalue weighted by Crippen LogP contribution is -2.47. The van der Waals surface area contributed by atoms with Crippen LogP contribution >= 0.6 is 0 Å². The Bertz CT molecular complexity index is 758. The molecule has 130 valence electrons. The SMILES string of the molecule is O=C(O)CC[C@@]12CCCC[C@@H]1N(Cc1ccccc1)c1ccccc12. The lowest BCUT2D eigenvalue weighted by molar-refractivity contribution is -0.137. The Morgan fingerprint density at radius 2 is 1.84 bits per heavy atom. The van der Waals surface area contributed by atoms with Crippen LogP contribution < -0.4 is 4.90 Å². The average molecular weight is 335 g/mol. The fraction of sp³-hybridized carbons (Fsp3) is 0.409. The van der Waals surface area contributed by atoms with Crippen molar-refractivity contribution in [3.8, 4) is 0 Å². The van der Waals surface area contributed by atoms with Crippen LogP contribution in [-0.2, 0) is 16.8 Å². The largest absolute Gasteiger partial charge is 0.481 e. The van der Waals surface area contributed by atoms with Crippen LogP contribution in [0.3, 0.4) is 0 Å². The topological polar surface area (TPSA) is 40.5 Å². The molecule has 1 N–H and O–H groups in total. The summed E-state index contributed by atoms with van der Waals surface area (Å²) in [5.74, 6) is -0.683. The molecule has 0 spiro atoms. The van der Waals surface area contributed by atoms with Gasteiger partial charge in [-0.25, -0.2) is 0 Å². The van der Waals surface area contributed by atoms with Crippen molar-refractivity contribution in [3.63, 3.8) is 0 Å². The standard InChI is InChI=1S/C22H25NO2/c24-21(25)13-15-22-14-7-6-12-20(22)23(16-17-8-2-1-3-9-17)19-11-5-4-10-18(19)22/h1-5,8-11,20H,6-7,12-16H2,(H,24,25)/t20-,22+/m0/s1. The molecule has 4 rings (SSSR count). The van der Waals surface area contributed by atoms with Gasteiger partial charge in [-0.1, -0.05) is 61.4 Å². The summed E-state index contributed by atoms with van der Waals surface area (Å²) in [5.41, 5.74) is 4.00. The zero-order chi connectivity index (χ0) is 17.3. The second-order valence-electron chi connectivity index (χ2n) is 7.44. The molecule has 0 amide bonds. The Morgan fingerprint density at radius 3 is 2.64 bits per heavy atom. The van der Waals surface area contributed by atoms with Crippen molar-refractivity contribution in [2.24, 2.45) is 0 Å². The number of benzene rings is 2. The number of carbonyl (C=O) groups is 1. The van der Waals surface area contributed by atoms with Crippen molar-refractivity contribution >= 4 is 11.7 Å². The summed E-state index contributed by atoms with van der Waals surface area (Å²) >= 11 is 0. The van der Waals surface area contributed by atoms with E-state index in [2.05, 4.69) is 59.5 Å². The van der Waals surface area contributed by atoms with Gasteiger partial charge in [-0.3, -0.25) is 4.79 Å². The van der Waals surface area contributed by atoms with Crippen molar-refractivity contribution in [2.45, 2.75) is 56.5 Å². The number of fused-ring (bicyclic) bond motifs is 3. The maximum absolute atomic E-state index is 11.3. The van der Waals surface area contributed by atoms with Gasteiger partial charge < -0.3 is 10.0 Å². The third-order valence-corrected chi connectivity index (χ3v) is 6.10. The van der Waals surface area contributed by atoms with Crippen LogP contribution in [0.1, 0.15) is 49.7 Å². The van der Waals surface area contributed by atoms with E-state index in [1.54, 1.807) is 0 Å². The molecule has 2 aliphatic rings. The van der Waals surface area contributed by atoms with Gasteiger partial charge in [0.25, 0.3) is 0 Å². The van der Waals surface area contributed by atoms with E-state index < -0.39 is 5.97 Å². The Labute approximate surface area is 149 Å². The molecule has 1 aliphatic heterocycles. The summed E-state index contributed by atoms with van der Waals surface area (Å²) in [6.07, 6.45) is 5.69. The molecule has 2 atom stereocenters. The molecule has 0 aromatic heterocycles. The maximum atomic E-state index is 11.3. The highest BCUT2D eigenvalue weighted by Crippen LogP contribution is 2.54. The van der Waals surface area contributed by atoms with Crippen LogP contribution in [0.25, 0.3) is 0 Å². The molecule has 3 heteroatoms. The molecular formula is C22H25NO2. The predicted octanol–water partition coefficient (Wildman–Crippen LogP) is 4.75. The number of hydrogen-bond donors (Lipinski definition) is 1. The van der Waals surface area contributed by atoms with Gasteiger partial charge in [0.2, 0.25) is 0 Å². The van der Waals surface area contributed by atoms with E-state index in [0.29, 0.717) is 6.04 Å². The normalized spacial score (nSPS) is 24.6. The minimum atomic E-state index is -0.683. The zero-order valence-electron chi connectivity index (χ0n) is 14.5. The first-order valence-corrected chi connectivity index (χ1v) is 9.32. The van der Waals surface area contributed by atoms with Crippen molar-refractivity contribution in [1.82, 2.24) is 0 Å². The number of hydrogen-bond acceptors (Lipinski definition) is 2. The smallest absolute Gasteiger partial charge is 0.303 e. The number of carboxylic acids is 1. The van der Waals surface area contributed by atoms with Crippen LogP contribution in [0.5, 0.6) is 0 Å². The van der Waals surface area contributed by atoms with Crippen LogP contribution in [-0.4, -0.2) is 17.1 Å². The Morgan fingerprint density at radius 1 is 1.08 bits per heavy atom. The number of para-hydroxylation sites is 1. The Balaban J connectivity index is 1.74. The van der Waals surface area contributed by atoms with E-state index in [0.717, 1.165) is 25.8 Å². The summed E-state index contributed by atoms with van der Waals surface area (Å²) in [7, 11) is 0. The first kappa shape index (κ1) is 16.2. The van der Waals surface area contributed by atoms with Gasteiger partial charge in [-0.2, -0.15) is 0 Å². The second kappa shape index (κ2) is 6.55. The van der Waals surface area contributed by atoms with Gasteiger partial charge in [0.15, 0.2) is 0 Å². The van der Waals surface area contributed by atoms with E-state index in [9.17, 15) is 9.90 Å². The molecule has 3 nitrogen and oxygen atoms in total. The first-order valence-electron chi connectivity index (χ1n) is 9.32. The highest BCUT2D eigenvalue weighted by atomic mass is 16.4. The van der Waals surface area contributed by atoms with Gasteiger partial charge >= 0.3 is 5.97 Å². The molecule has 1 fully saturated rings. The van der Waals surface area contributed by atoms with Crippen LogP contribution in [0.15, 0.2) is 54.6 Å². The van der Waals surface area contributed by atoms with Crippen LogP contribution in [0, 0.1) is 0 Å². The second-order valence-corrected chi connectivity index (χ2v) is 7.44. The molecule has 25 heavy (non-hydrogen) atoms. The zero-order valence-corrected chi connectivity index (χ0v) is 14.5. The highest BCUT2D eigenvalue weighted by molar-refractivity contribution is 5.69. The highest BCUT2D eigenvalue weighted by Gasteiger charge is 2.51. The van der Waals surface area contributed by atoms with Gasteiger partial charge in [-0.15, -0.1) is 0 Å². The van der Waals surface area contributed by atoms with E-state index in [-0.39, 0.29) is 11.8 Å². The van der Waals surface area contributed by atoms with Crippen molar-refractivity contribution < 1.29 is 9.90 Å². The Hall–Kier alpha value is -2.29. The van der Waals surface area contributed by atoms with Crippen molar-refractivity contribution in [3.05, 3.63) is 65.7 Å². The molecule has 2 aromatic carbocycles. The monoisotopic (exact) mass is 335 g/mol. The van der Waals surface area contributed by atoms with Crippen LogP contribution in [0.4, 0.5) is 5.69 Å². The number of anilines is 1. The van der Waals surface area contributed by atoms with Crippen molar-refractivity contribution in [1.29, 1.82) is 0 Å². The van der Waals surface area contributed by atoms with Gasteiger partial charge in [0.1, 0.15) is 0 Å². The molecule has 2 aromatic rings. The predicted molar refractivity (Wildman–Crippen MR) is 99.9 cm³/mol.